The molecule has 2 aliphatic carbocycles. The topological polar surface area (TPSA) is 187 Å². The molecule has 45 heavy (non-hydrogen) atoms. The fourth-order valence-electron chi connectivity index (χ4n) is 8.40. The Morgan fingerprint density at radius 1 is 1.16 bits per heavy atom. The smallest absolute Gasteiger partial charge is 0.198 e. The zero-order chi connectivity index (χ0) is 31.8. The minimum absolute atomic E-state index is 0.00256. The van der Waals surface area contributed by atoms with Gasteiger partial charge in [-0.2, -0.15) is 0 Å². The van der Waals surface area contributed by atoms with Crippen molar-refractivity contribution in [2.24, 2.45) is 4.99 Å². The molecule has 236 valence electrons. The molecule has 1 spiro atoms. The van der Waals surface area contributed by atoms with Gasteiger partial charge in [0.05, 0.1) is 35.0 Å². The lowest BCUT2D eigenvalue weighted by molar-refractivity contribution is -0.321. The molecule has 2 bridgehead atoms. The Labute approximate surface area is 258 Å². The lowest BCUT2D eigenvalue weighted by Gasteiger charge is -2.48. The first-order chi connectivity index (χ1) is 21.3. The molecule has 12 heteroatoms. The summed E-state index contributed by atoms with van der Waals surface area (Å²) < 4.78 is 19.4. The van der Waals surface area contributed by atoms with Gasteiger partial charge in [0.1, 0.15) is 29.0 Å². The van der Waals surface area contributed by atoms with Crippen LogP contribution in [0.5, 0.6) is 11.5 Å². The van der Waals surface area contributed by atoms with Gasteiger partial charge in [0.15, 0.2) is 23.6 Å². The summed E-state index contributed by atoms with van der Waals surface area (Å²) in [5, 5.41) is 58.1. The number of phenols is 2. The predicted octanol–water partition coefficient (Wildman–Crippen LogP) is 1.84. The number of rotatable bonds is 3. The average Bonchev–Trinajstić information content (AvgIpc) is 3.62. The summed E-state index contributed by atoms with van der Waals surface area (Å²) in [6.07, 6.45) is -2.86. The van der Waals surface area contributed by atoms with E-state index in [1.807, 2.05) is 13.0 Å². The summed E-state index contributed by atoms with van der Waals surface area (Å²) in [6.45, 7) is 5.41. The fraction of sp³-hybridized carbons (Fsp3) is 0.485. The molecule has 0 amide bonds. The van der Waals surface area contributed by atoms with Crippen molar-refractivity contribution in [3.8, 4) is 11.5 Å². The Bertz CT molecular complexity index is 1750. The molecule has 2 saturated heterocycles. The molecule has 2 aromatic carbocycles. The van der Waals surface area contributed by atoms with Crippen LogP contribution in [0.25, 0.3) is 0 Å². The number of hydrogen-bond acceptors (Lipinski definition) is 12. The normalized spacial score (nSPS) is 38.2. The number of benzene rings is 2. The summed E-state index contributed by atoms with van der Waals surface area (Å²) in [5.74, 6) is -1.69. The molecule has 0 aromatic heterocycles. The van der Waals surface area contributed by atoms with Gasteiger partial charge in [-0.3, -0.25) is 14.6 Å². The first-order valence-corrected chi connectivity index (χ1v) is 15.2. The number of nitrogens with zero attached hydrogens (tertiary/aromatic N) is 1. The van der Waals surface area contributed by atoms with E-state index in [2.05, 4.69) is 10.3 Å². The molecule has 6 aliphatic rings. The number of fused-ring (bicyclic) bond motifs is 8. The number of hydrogen-bond donors (Lipinski definition) is 6. The maximum atomic E-state index is 13.8. The van der Waals surface area contributed by atoms with Gasteiger partial charge in [0, 0.05) is 35.6 Å². The Balaban J connectivity index is 1.28. The standard InChI is InChI=1S/C33H34N2O10/c1-13(36)33(42)14(2)43-22(10-21(33)38)44-29-18-9-17-25(26(39)16-5-4-6-20(37)24(16)27(17)40)28(41)23(18)19-12-31(29,3)45-32(19)11-15-7-8-34-30(15)35-32/h4-6,9,11,13-14,19,21-22,29,36-38,41-42H,7-8,10,12H2,1-3H3,(H,34,35)/t13?,14-,19-,21-,22-,29+,31+,32+,33-/m0/s1. The van der Waals surface area contributed by atoms with Crippen LogP contribution in [0.1, 0.15) is 95.0 Å². The molecule has 0 radical (unpaired) electrons. The van der Waals surface area contributed by atoms with Gasteiger partial charge in [0.25, 0.3) is 0 Å². The number of aliphatic hydroxyl groups excluding tert-OH is 2. The van der Waals surface area contributed by atoms with E-state index >= 15 is 0 Å². The Morgan fingerprint density at radius 3 is 2.62 bits per heavy atom. The van der Waals surface area contributed by atoms with Gasteiger partial charge >= 0.3 is 0 Å². The first kappa shape index (κ1) is 28.8. The molecule has 2 fully saturated rings. The van der Waals surface area contributed by atoms with Gasteiger partial charge in [-0.25, -0.2) is 0 Å². The number of aromatic hydroxyl groups is 2. The van der Waals surface area contributed by atoms with Crippen LogP contribution >= 0.6 is 0 Å². The van der Waals surface area contributed by atoms with Gasteiger partial charge in [-0.15, -0.1) is 0 Å². The Morgan fingerprint density at radius 2 is 1.91 bits per heavy atom. The van der Waals surface area contributed by atoms with E-state index in [1.165, 1.54) is 38.1 Å². The second kappa shape index (κ2) is 9.21. The highest BCUT2D eigenvalue weighted by Gasteiger charge is 2.65. The molecule has 4 aliphatic heterocycles. The summed E-state index contributed by atoms with van der Waals surface area (Å²) >= 11 is 0. The largest absolute Gasteiger partial charge is 0.507 e. The minimum atomic E-state index is -1.93. The number of aliphatic hydroxyl groups is 3. The van der Waals surface area contributed by atoms with Crippen molar-refractivity contribution in [2.75, 3.05) is 6.54 Å². The van der Waals surface area contributed by atoms with Crippen LogP contribution in [0.3, 0.4) is 0 Å². The first-order valence-electron chi connectivity index (χ1n) is 15.2. The number of carbonyl (C=O) groups is 2. The number of carbonyl (C=O) groups excluding carboxylic acids is 2. The average molecular weight is 619 g/mol. The van der Waals surface area contributed by atoms with E-state index in [0.717, 1.165) is 12.0 Å². The van der Waals surface area contributed by atoms with Crippen molar-refractivity contribution in [1.82, 2.24) is 5.32 Å². The number of ether oxygens (including phenoxy) is 3. The third-order valence-corrected chi connectivity index (χ3v) is 10.6. The fourth-order valence-corrected chi connectivity index (χ4v) is 8.40. The van der Waals surface area contributed by atoms with Crippen molar-refractivity contribution in [1.29, 1.82) is 0 Å². The molecule has 2 aromatic rings. The van der Waals surface area contributed by atoms with Crippen LogP contribution in [0.2, 0.25) is 0 Å². The molecule has 4 heterocycles. The third-order valence-electron chi connectivity index (χ3n) is 10.6. The molecule has 8 rings (SSSR count). The maximum Gasteiger partial charge on any atom is 0.198 e. The van der Waals surface area contributed by atoms with Crippen molar-refractivity contribution in [2.45, 2.75) is 93.6 Å². The second-order valence-corrected chi connectivity index (χ2v) is 13.3. The van der Waals surface area contributed by atoms with E-state index in [0.29, 0.717) is 29.9 Å². The molecule has 9 atom stereocenters. The van der Waals surface area contributed by atoms with Gasteiger partial charge in [-0.1, -0.05) is 12.1 Å². The summed E-state index contributed by atoms with van der Waals surface area (Å²) in [5.41, 5.74) is -2.68. The van der Waals surface area contributed by atoms with Crippen LogP contribution in [0.4, 0.5) is 0 Å². The quantitative estimate of drug-likeness (QED) is 0.251. The number of phenolic OH excluding ortho intramolecular Hbond substituents is 2. The van der Waals surface area contributed by atoms with Crippen LogP contribution in [0.15, 0.2) is 40.9 Å². The highest BCUT2D eigenvalue weighted by atomic mass is 16.7. The Hall–Kier alpha value is -3.65. The molecular weight excluding hydrogens is 584 g/mol. The highest BCUT2D eigenvalue weighted by Crippen LogP contribution is 2.63. The lowest BCUT2D eigenvalue weighted by Crippen LogP contribution is -2.64. The van der Waals surface area contributed by atoms with E-state index in [-0.39, 0.29) is 40.2 Å². The van der Waals surface area contributed by atoms with E-state index in [1.54, 1.807) is 0 Å². The monoisotopic (exact) mass is 618 g/mol. The van der Waals surface area contributed by atoms with E-state index in [4.69, 9.17) is 14.2 Å². The maximum absolute atomic E-state index is 13.8. The molecule has 0 saturated carbocycles. The molecule has 12 nitrogen and oxygen atoms in total. The van der Waals surface area contributed by atoms with Gasteiger partial charge in [0.2, 0.25) is 0 Å². The van der Waals surface area contributed by atoms with Gasteiger partial charge < -0.3 is 45.1 Å². The zero-order valence-corrected chi connectivity index (χ0v) is 24.9. The Kier molecular flexibility index (Phi) is 5.90. The van der Waals surface area contributed by atoms with E-state index < -0.39 is 65.1 Å². The number of amidine groups is 1. The third kappa shape index (κ3) is 3.66. The summed E-state index contributed by atoms with van der Waals surface area (Å²) in [4.78, 5) is 32.2. The highest BCUT2D eigenvalue weighted by molar-refractivity contribution is 6.30. The molecule has 1 unspecified atom stereocenters. The predicted molar refractivity (Wildman–Crippen MR) is 156 cm³/mol. The van der Waals surface area contributed by atoms with Crippen LogP contribution in [-0.4, -0.2) is 91.0 Å². The van der Waals surface area contributed by atoms with Crippen molar-refractivity contribution in [3.05, 3.63) is 69.3 Å². The van der Waals surface area contributed by atoms with Crippen molar-refractivity contribution < 1.29 is 49.3 Å². The molecule has 6 N–H and O–H groups in total. The number of ketones is 2. The number of nitrogens with one attached hydrogen (secondary N) is 1. The molecular formula is C33H34N2O10. The van der Waals surface area contributed by atoms with Crippen LogP contribution in [-0.2, 0) is 14.2 Å². The van der Waals surface area contributed by atoms with Gasteiger partial charge in [-0.05, 0) is 63.0 Å². The van der Waals surface area contributed by atoms with Crippen LogP contribution < -0.4 is 5.32 Å². The SMILES string of the molecule is CC(O)[C@]1(O)[C@H](C)O[C@@H](O[C@@H]2c3cc4c(c(O)c3[C@@H]3C[C@@]2(C)O[C@]32C=C3CCN=C3N2)C(=O)c2cccc(O)c2C4=O)C[C@@H]1O. The van der Waals surface area contributed by atoms with Crippen molar-refractivity contribution in [3.63, 3.8) is 0 Å². The number of aliphatic imine (C=N–C) groups is 1. The zero-order valence-electron chi connectivity index (χ0n) is 24.9. The van der Waals surface area contributed by atoms with Crippen molar-refractivity contribution >= 4 is 17.4 Å². The lowest BCUT2D eigenvalue weighted by atomic mass is 9.69. The summed E-state index contributed by atoms with van der Waals surface area (Å²) in [6, 6.07) is 5.79. The summed E-state index contributed by atoms with van der Waals surface area (Å²) in [7, 11) is 0. The van der Waals surface area contributed by atoms with Crippen LogP contribution in [0, 0.1) is 0 Å². The second-order valence-electron chi connectivity index (χ2n) is 13.3. The van der Waals surface area contributed by atoms with E-state index in [9.17, 15) is 35.1 Å². The minimum Gasteiger partial charge on any atom is -0.507 e.